The third kappa shape index (κ3) is 2.61. The van der Waals surface area contributed by atoms with E-state index in [0.717, 1.165) is 11.5 Å². The van der Waals surface area contributed by atoms with E-state index >= 15 is 0 Å². The minimum atomic E-state index is -1.29. The first-order valence-electron chi connectivity index (χ1n) is 3.14. The second-order valence-corrected chi connectivity index (χ2v) is 8.19. The molecule has 0 aliphatic carbocycles. The highest BCUT2D eigenvalue weighted by Gasteiger charge is 2.17. The first-order valence-corrected chi connectivity index (χ1v) is 6.64. The first kappa shape index (κ1) is 8.63. The molecule has 0 aromatic carbocycles. The van der Waals surface area contributed by atoms with E-state index in [0.29, 0.717) is 0 Å². The van der Waals surface area contributed by atoms with Crippen LogP contribution in [0.15, 0.2) is 11.3 Å². The zero-order valence-electron chi connectivity index (χ0n) is 6.56. The molecule has 0 aliphatic heterocycles. The lowest BCUT2D eigenvalue weighted by Crippen LogP contribution is -2.24. The Hall–Kier alpha value is -0.373. The first-order chi connectivity index (χ1) is 4.02. The lowest BCUT2D eigenvalue weighted by Gasteiger charge is -2.14. The minimum absolute atomic E-state index is 0.978. The van der Waals surface area contributed by atoms with Gasteiger partial charge in [-0.05, 0) is 12.1 Å². The Morgan fingerprint density at radius 3 is 1.78 bits per heavy atom. The van der Waals surface area contributed by atoms with Gasteiger partial charge in [0, 0.05) is 0 Å². The summed E-state index contributed by atoms with van der Waals surface area (Å²) >= 11 is 0. The van der Waals surface area contributed by atoms with Crippen LogP contribution in [-0.4, -0.2) is 14.4 Å². The van der Waals surface area contributed by atoms with Gasteiger partial charge in [0.15, 0.2) is 0 Å². The topological polar surface area (TPSA) is 17.1 Å². The van der Waals surface area contributed by atoms with Gasteiger partial charge in [0.05, 0.1) is 8.07 Å². The van der Waals surface area contributed by atoms with Crippen molar-refractivity contribution in [1.82, 2.24) is 0 Å². The molecule has 52 valence electrons. The second-order valence-electron chi connectivity index (χ2n) is 3.11. The number of aldehydes is 1. The zero-order chi connectivity index (χ0) is 7.49. The van der Waals surface area contributed by atoms with Crippen LogP contribution in [0.5, 0.6) is 0 Å². The zero-order valence-corrected chi connectivity index (χ0v) is 7.56. The van der Waals surface area contributed by atoms with Gasteiger partial charge in [0.1, 0.15) is 6.29 Å². The van der Waals surface area contributed by atoms with Crippen LogP contribution in [0, 0.1) is 0 Å². The highest BCUT2D eigenvalue weighted by molar-refractivity contribution is 6.86. The van der Waals surface area contributed by atoms with E-state index < -0.39 is 8.07 Å². The molecule has 0 spiro atoms. The number of rotatable bonds is 2. The van der Waals surface area contributed by atoms with Crippen molar-refractivity contribution in [2.45, 2.75) is 26.6 Å². The molecule has 2 heteroatoms. The summed E-state index contributed by atoms with van der Waals surface area (Å²) in [7, 11) is -1.29. The predicted molar refractivity (Wildman–Crippen MR) is 43.2 cm³/mol. The van der Waals surface area contributed by atoms with E-state index in [4.69, 9.17) is 0 Å². The lowest BCUT2D eigenvalue weighted by atomic mass is 10.6. The van der Waals surface area contributed by atoms with E-state index in [1.807, 2.05) is 13.0 Å². The summed E-state index contributed by atoms with van der Waals surface area (Å²) in [5.41, 5.74) is 0. The predicted octanol–water partition coefficient (Wildman–Crippen LogP) is 2.01. The number of carbonyl (C=O) groups is 1. The highest BCUT2D eigenvalue weighted by Crippen LogP contribution is 2.10. The van der Waals surface area contributed by atoms with Gasteiger partial charge in [-0.2, -0.15) is 0 Å². The summed E-state index contributed by atoms with van der Waals surface area (Å²) in [5.74, 6) is 0. The fourth-order valence-electron chi connectivity index (χ4n) is 0.678. The fraction of sp³-hybridized carbons (Fsp3) is 0.571. The van der Waals surface area contributed by atoms with Crippen molar-refractivity contribution in [2.24, 2.45) is 0 Å². The van der Waals surface area contributed by atoms with Crippen LogP contribution in [0.4, 0.5) is 0 Å². The summed E-state index contributed by atoms with van der Waals surface area (Å²) in [6.07, 6.45) is 2.89. The monoisotopic (exact) mass is 142 g/mol. The van der Waals surface area contributed by atoms with Crippen LogP contribution in [0.2, 0.25) is 19.6 Å². The van der Waals surface area contributed by atoms with Crippen molar-refractivity contribution in [3.63, 3.8) is 0 Å². The van der Waals surface area contributed by atoms with E-state index in [1.165, 1.54) is 0 Å². The van der Waals surface area contributed by atoms with Crippen LogP contribution >= 0.6 is 0 Å². The number of hydrogen-bond acceptors (Lipinski definition) is 1. The smallest absolute Gasteiger partial charge is 0.141 e. The standard InChI is InChI=1S/C7H14OSi/c1-5-7(6-8)9(2,3)4/h5-6H,1-4H3/b7-5+. The Balaban J connectivity index is 4.32. The molecule has 0 saturated heterocycles. The largest absolute Gasteiger partial charge is 0.299 e. The van der Waals surface area contributed by atoms with Crippen molar-refractivity contribution in [3.8, 4) is 0 Å². The SMILES string of the molecule is C/C=C(\C=O)[Si](C)(C)C. The van der Waals surface area contributed by atoms with Crippen molar-refractivity contribution >= 4 is 14.4 Å². The molecule has 0 atom stereocenters. The summed E-state index contributed by atoms with van der Waals surface area (Å²) in [4.78, 5) is 10.3. The molecule has 0 saturated carbocycles. The average molecular weight is 142 g/mol. The molecule has 0 amide bonds. The van der Waals surface area contributed by atoms with Crippen LogP contribution in [-0.2, 0) is 4.79 Å². The van der Waals surface area contributed by atoms with Gasteiger partial charge in [-0.1, -0.05) is 25.7 Å². The van der Waals surface area contributed by atoms with E-state index in [2.05, 4.69) is 19.6 Å². The van der Waals surface area contributed by atoms with Gasteiger partial charge in [-0.3, -0.25) is 4.79 Å². The Morgan fingerprint density at radius 2 is 1.78 bits per heavy atom. The second kappa shape index (κ2) is 2.97. The molecule has 0 aromatic rings. The van der Waals surface area contributed by atoms with Crippen molar-refractivity contribution in [2.75, 3.05) is 0 Å². The van der Waals surface area contributed by atoms with Crippen molar-refractivity contribution in [3.05, 3.63) is 11.3 Å². The average Bonchev–Trinajstić information content (AvgIpc) is 1.65. The van der Waals surface area contributed by atoms with Gasteiger partial charge in [-0.25, -0.2) is 0 Å². The van der Waals surface area contributed by atoms with Gasteiger partial charge < -0.3 is 0 Å². The molecule has 9 heavy (non-hydrogen) atoms. The van der Waals surface area contributed by atoms with Crippen molar-refractivity contribution in [1.29, 1.82) is 0 Å². The van der Waals surface area contributed by atoms with E-state index in [-0.39, 0.29) is 0 Å². The molecule has 0 N–H and O–H groups in total. The maximum absolute atomic E-state index is 10.3. The summed E-state index contributed by atoms with van der Waals surface area (Å²) in [6.45, 7) is 8.41. The number of hydrogen-bond donors (Lipinski definition) is 0. The van der Waals surface area contributed by atoms with Crippen LogP contribution < -0.4 is 0 Å². The maximum atomic E-state index is 10.3. The summed E-state index contributed by atoms with van der Waals surface area (Å²) in [5, 5.41) is 1.00. The molecular weight excluding hydrogens is 128 g/mol. The van der Waals surface area contributed by atoms with Crippen molar-refractivity contribution < 1.29 is 4.79 Å². The fourth-order valence-corrected chi connectivity index (χ4v) is 1.90. The lowest BCUT2D eigenvalue weighted by molar-refractivity contribution is -0.104. The van der Waals surface area contributed by atoms with Gasteiger partial charge >= 0.3 is 0 Å². The Morgan fingerprint density at radius 1 is 1.33 bits per heavy atom. The molecule has 0 heterocycles. The van der Waals surface area contributed by atoms with E-state index in [1.54, 1.807) is 0 Å². The summed E-state index contributed by atoms with van der Waals surface area (Å²) in [6, 6.07) is 0. The van der Waals surface area contributed by atoms with E-state index in [9.17, 15) is 4.79 Å². The van der Waals surface area contributed by atoms with Gasteiger partial charge in [0.2, 0.25) is 0 Å². The number of allylic oxidation sites excluding steroid dienone is 2. The quantitative estimate of drug-likeness (QED) is 0.327. The Kier molecular flexibility index (Phi) is 2.84. The molecule has 1 nitrogen and oxygen atoms in total. The van der Waals surface area contributed by atoms with Crippen LogP contribution in [0.25, 0.3) is 0 Å². The minimum Gasteiger partial charge on any atom is -0.299 e. The molecular formula is C7H14OSi. The van der Waals surface area contributed by atoms with Crippen LogP contribution in [0.1, 0.15) is 6.92 Å². The molecule has 0 aromatic heterocycles. The van der Waals surface area contributed by atoms with Gasteiger partial charge in [0.25, 0.3) is 0 Å². The Bertz CT molecular complexity index is 130. The molecule has 0 radical (unpaired) electrons. The molecule has 0 aliphatic rings. The molecule has 0 fully saturated rings. The molecule has 0 bridgehead atoms. The number of carbonyl (C=O) groups excluding carboxylic acids is 1. The maximum Gasteiger partial charge on any atom is 0.141 e. The molecule has 0 rings (SSSR count). The summed E-state index contributed by atoms with van der Waals surface area (Å²) < 4.78 is 0. The molecule has 0 unspecified atom stereocenters. The third-order valence-electron chi connectivity index (χ3n) is 1.30. The van der Waals surface area contributed by atoms with Crippen LogP contribution in [0.3, 0.4) is 0 Å². The normalized spacial score (nSPS) is 13.6. The highest BCUT2D eigenvalue weighted by atomic mass is 28.3. The van der Waals surface area contributed by atoms with Gasteiger partial charge in [-0.15, -0.1) is 0 Å². The third-order valence-corrected chi connectivity index (χ3v) is 3.44. The Labute approximate surface area is 57.8 Å².